The van der Waals surface area contributed by atoms with Gasteiger partial charge in [-0.3, -0.25) is 4.68 Å². The number of hydrogen-bond donors (Lipinski definition) is 0. The van der Waals surface area contributed by atoms with Crippen LogP contribution in [0.2, 0.25) is 5.02 Å². The first-order valence-corrected chi connectivity index (χ1v) is 12.1. The third-order valence-corrected chi connectivity index (χ3v) is 9.17. The molecule has 0 bridgehead atoms. The molecule has 1 aliphatic heterocycles. The lowest BCUT2D eigenvalue weighted by atomic mass is 10.4. The smallest absolute Gasteiger partial charge is 0.246 e. The summed E-state index contributed by atoms with van der Waals surface area (Å²) in [6.07, 6.45) is 0.400. The number of hydrogen-bond acceptors (Lipinski definition) is 5. The molecule has 1 fully saturated rings. The van der Waals surface area contributed by atoms with Gasteiger partial charge in [0.2, 0.25) is 20.0 Å². The van der Waals surface area contributed by atoms with E-state index in [0.717, 1.165) is 0 Å². The van der Waals surface area contributed by atoms with E-state index in [9.17, 15) is 16.8 Å². The molecule has 0 radical (unpaired) electrons. The van der Waals surface area contributed by atoms with Crippen LogP contribution in [0.25, 0.3) is 0 Å². The summed E-state index contributed by atoms with van der Waals surface area (Å²) in [5, 5.41) is 4.53. The minimum atomic E-state index is -3.76. The molecule has 0 N–H and O–H groups in total. The Kier molecular flexibility index (Phi) is 5.88. The van der Waals surface area contributed by atoms with Crippen molar-refractivity contribution in [3.8, 4) is 0 Å². The van der Waals surface area contributed by atoms with Gasteiger partial charge in [0, 0.05) is 38.2 Å². The Bertz CT molecular complexity index is 1100. The molecule has 1 saturated heterocycles. The summed E-state index contributed by atoms with van der Waals surface area (Å²) in [6.45, 7) is 4.01. The van der Waals surface area contributed by atoms with E-state index in [1.165, 1.54) is 25.4 Å². The predicted molar refractivity (Wildman–Crippen MR) is 106 cm³/mol. The van der Waals surface area contributed by atoms with Gasteiger partial charge in [-0.1, -0.05) is 17.7 Å². The highest BCUT2D eigenvalue weighted by Crippen LogP contribution is 2.26. The fourth-order valence-corrected chi connectivity index (χ4v) is 7.02. The van der Waals surface area contributed by atoms with Crippen LogP contribution < -0.4 is 0 Å². The lowest BCUT2D eigenvalue weighted by Gasteiger charge is -2.22. The van der Waals surface area contributed by atoms with Crippen LogP contribution >= 0.6 is 11.6 Å². The number of nitrogens with zero attached hydrogens (tertiary/aromatic N) is 4. The largest absolute Gasteiger partial charge is 0.271 e. The Morgan fingerprint density at radius 2 is 1.57 bits per heavy atom. The molecule has 0 unspecified atom stereocenters. The summed E-state index contributed by atoms with van der Waals surface area (Å²) in [5.41, 5.74) is 0.998. The molecular weight excluding hydrogens is 424 g/mol. The van der Waals surface area contributed by atoms with Gasteiger partial charge < -0.3 is 0 Å². The highest BCUT2D eigenvalue weighted by Gasteiger charge is 2.34. The van der Waals surface area contributed by atoms with Crippen molar-refractivity contribution in [2.24, 2.45) is 7.05 Å². The van der Waals surface area contributed by atoms with Gasteiger partial charge in [0.1, 0.15) is 4.90 Å². The van der Waals surface area contributed by atoms with Gasteiger partial charge >= 0.3 is 0 Å². The van der Waals surface area contributed by atoms with Crippen molar-refractivity contribution in [1.82, 2.24) is 18.4 Å². The molecular formula is C17H23ClN4O4S2. The number of halogens is 1. The van der Waals surface area contributed by atoms with Crippen molar-refractivity contribution >= 4 is 31.6 Å². The molecule has 8 nitrogen and oxygen atoms in total. The van der Waals surface area contributed by atoms with E-state index in [0.29, 0.717) is 22.8 Å². The number of sulfonamides is 2. The van der Waals surface area contributed by atoms with Crippen LogP contribution in [0.5, 0.6) is 0 Å². The highest BCUT2D eigenvalue weighted by molar-refractivity contribution is 7.89. The molecule has 1 aromatic carbocycles. The maximum atomic E-state index is 13.2. The quantitative estimate of drug-likeness (QED) is 0.713. The van der Waals surface area contributed by atoms with E-state index in [-0.39, 0.29) is 36.0 Å². The van der Waals surface area contributed by atoms with Crippen LogP contribution in [0, 0.1) is 13.8 Å². The normalized spacial score (nSPS) is 17.6. The maximum Gasteiger partial charge on any atom is 0.246 e. The minimum Gasteiger partial charge on any atom is -0.271 e. The fraction of sp³-hybridized carbons (Fsp3) is 0.471. The van der Waals surface area contributed by atoms with Crippen LogP contribution in [0.1, 0.15) is 17.8 Å². The molecule has 0 amide bonds. The standard InChI is InChI=1S/C17H23ClN4O4S2/c1-13-17(14(2)20(3)19-13)28(25,26)22-9-5-8-21(10-11-22)27(23,24)16-7-4-6-15(18)12-16/h4,6-7,12H,5,8-11H2,1-3H3. The molecule has 1 aromatic heterocycles. The van der Waals surface area contributed by atoms with Crippen LogP contribution in [-0.4, -0.2) is 61.4 Å². The van der Waals surface area contributed by atoms with E-state index in [2.05, 4.69) is 5.10 Å². The summed E-state index contributed by atoms with van der Waals surface area (Å²) in [6, 6.07) is 6.08. The van der Waals surface area contributed by atoms with Gasteiger partial charge in [-0.25, -0.2) is 16.8 Å². The molecule has 0 atom stereocenters. The first-order chi connectivity index (χ1) is 13.0. The van der Waals surface area contributed by atoms with Gasteiger partial charge in [0.15, 0.2) is 0 Å². The summed E-state index contributed by atoms with van der Waals surface area (Å²) < 4.78 is 56.3. The average Bonchev–Trinajstić information content (AvgIpc) is 2.81. The third-order valence-electron chi connectivity index (χ3n) is 4.89. The number of benzene rings is 1. The molecule has 154 valence electrons. The average molecular weight is 447 g/mol. The zero-order valence-corrected chi connectivity index (χ0v) is 18.4. The molecule has 0 spiro atoms. The molecule has 1 aliphatic rings. The van der Waals surface area contributed by atoms with Crippen molar-refractivity contribution in [3.63, 3.8) is 0 Å². The summed E-state index contributed by atoms with van der Waals surface area (Å²) in [5.74, 6) is 0. The second kappa shape index (κ2) is 7.75. The lowest BCUT2D eigenvalue weighted by molar-refractivity contribution is 0.404. The molecule has 2 aromatic rings. The third kappa shape index (κ3) is 3.84. The maximum absolute atomic E-state index is 13.2. The molecule has 2 heterocycles. The van der Waals surface area contributed by atoms with Gasteiger partial charge in [-0.2, -0.15) is 13.7 Å². The first-order valence-electron chi connectivity index (χ1n) is 8.81. The zero-order chi connectivity index (χ0) is 20.7. The van der Waals surface area contributed by atoms with Gasteiger partial charge in [-0.05, 0) is 38.5 Å². The number of aryl methyl sites for hydroxylation is 2. The van der Waals surface area contributed by atoms with Crippen molar-refractivity contribution in [2.75, 3.05) is 26.2 Å². The highest BCUT2D eigenvalue weighted by atomic mass is 35.5. The molecule has 3 rings (SSSR count). The van der Waals surface area contributed by atoms with Crippen LogP contribution in [-0.2, 0) is 27.1 Å². The lowest BCUT2D eigenvalue weighted by Crippen LogP contribution is -2.37. The van der Waals surface area contributed by atoms with E-state index in [4.69, 9.17) is 11.6 Å². The van der Waals surface area contributed by atoms with Crippen molar-refractivity contribution in [3.05, 3.63) is 40.7 Å². The van der Waals surface area contributed by atoms with Crippen molar-refractivity contribution < 1.29 is 16.8 Å². The van der Waals surface area contributed by atoms with E-state index >= 15 is 0 Å². The van der Waals surface area contributed by atoms with Gasteiger partial charge in [-0.15, -0.1) is 0 Å². The Morgan fingerprint density at radius 3 is 2.11 bits per heavy atom. The Balaban J connectivity index is 1.85. The summed E-state index contributed by atoms with van der Waals surface area (Å²) >= 11 is 5.93. The van der Waals surface area contributed by atoms with Crippen LogP contribution in [0.4, 0.5) is 0 Å². The van der Waals surface area contributed by atoms with Gasteiger partial charge in [0.05, 0.1) is 16.3 Å². The number of aromatic nitrogens is 2. The van der Waals surface area contributed by atoms with Crippen LogP contribution in [0.15, 0.2) is 34.1 Å². The number of rotatable bonds is 4. The second-order valence-electron chi connectivity index (χ2n) is 6.74. The topological polar surface area (TPSA) is 92.6 Å². The zero-order valence-electron chi connectivity index (χ0n) is 16.0. The van der Waals surface area contributed by atoms with E-state index < -0.39 is 20.0 Å². The SMILES string of the molecule is Cc1nn(C)c(C)c1S(=O)(=O)N1CCCN(S(=O)(=O)c2cccc(Cl)c2)CC1. The second-order valence-corrected chi connectivity index (χ2v) is 11.0. The Labute approximate surface area is 170 Å². The van der Waals surface area contributed by atoms with Crippen molar-refractivity contribution in [2.45, 2.75) is 30.1 Å². The Morgan fingerprint density at radius 1 is 0.964 bits per heavy atom. The Hall–Kier alpha value is -1.46. The summed E-state index contributed by atoms with van der Waals surface area (Å²) in [4.78, 5) is 0.302. The minimum absolute atomic E-state index is 0.0758. The van der Waals surface area contributed by atoms with Gasteiger partial charge in [0.25, 0.3) is 0 Å². The molecule has 0 saturated carbocycles. The predicted octanol–water partition coefficient (Wildman–Crippen LogP) is 1.78. The molecule has 11 heteroatoms. The van der Waals surface area contributed by atoms with E-state index in [1.807, 2.05) is 0 Å². The van der Waals surface area contributed by atoms with E-state index in [1.54, 1.807) is 33.0 Å². The summed E-state index contributed by atoms with van der Waals surface area (Å²) in [7, 11) is -5.80. The van der Waals surface area contributed by atoms with Crippen molar-refractivity contribution in [1.29, 1.82) is 0 Å². The molecule has 28 heavy (non-hydrogen) atoms. The first kappa shape index (κ1) is 21.3. The van der Waals surface area contributed by atoms with Crippen LogP contribution in [0.3, 0.4) is 0 Å². The molecule has 0 aliphatic carbocycles. The fourth-order valence-electron chi connectivity index (χ4n) is 3.38. The monoisotopic (exact) mass is 446 g/mol.